The summed E-state index contributed by atoms with van der Waals surface area (Å²) in [4.78, 5) is 26.5. The molecule has 1 heterocycles. The van der Waals surface area contributed by atoms with Gasteiger partial charge in [-0.25, -0.2) is 0 Å². The van der Waals surface area contributed by atoms with E-state index < -0.39 is 17.9 Å². The SMILES string of the molecule is O=C(c1ccc(-c2ccccc2)cc1)N1CCN(C(=O)C(O)(O)C(F)(F)F)CC1. The number of halogens is 3. The quantitative estimate of drug-likeness (QED) is 0.760. The molecule has 29 heavy (non-hydrogen) atoms. The molecular formula is C20H19F3N2O4. The van der Waals surface area contributed by atoms with Crippen molar-refractivity contribution in [3.63, 3.8) is 0 Å². The second-order valence-corrected chi connectivity index (χ2v) is 6.70. The molecule has 1 saturated heterocycles. The van der Waals surface area contributed by atoms with Crippen LogP contribution in [0.2, 0.25) is 0 Å². The third-order valence-electron chi connectivity index (χ3n) is 4.79. The van der Waals surface area contributed by atoms with Gasteiger partial charge in [-0.3, -0.25) is 9.59 Å². The van der Waals surface area contributed by atoms with Gasteiger partial charge in [0.25, 0.3) is 11.8 Å². The summed E-state index contributed by atoms with van der Waals surface area (Å²) in [5.74, 6) is -6.59. The minimum atomic E-state index is -5.50. The number of rotatable bonds is 3. The maximum atomic E-state index is 12.6. The van der Waals surface area contributed by atoms with Crippen LogP contribution in [0, 0.1) is 0 Å². The molecule has 2 amide bonds. The van der Waals surface area contributed by atoms with Crippen LogP contribution >= 0.6 is 0 Å². The lowest BCUT2D eigenvalue weighted by molar-refractivity contribution is -0.332. The van der Waals surface area contributed by atoms with E-state index >= 15 is 0 Å². The van der Waals surface area contributed by atoms with Crippen LogP contribution in [0.5, 0.6) is 0 Å². The van der Waals surface area contributed by atoms with Gasteiger partial charge in [-0.05, 0) is 23.3 Å². The molecule has 2 aromatic rings. The molecule has 0 spiro atoms. The van der Waals surface area contributed by atoms with E-state index in [0.29, 0.717) is 10.5 Å². The third kappa shape index (κ3) is 4.25. The smallest absolute Gasteiger partial charge is 0.351 e. The van der Waals surface area contributed by atoms with Gasteiger partial charge < -0.3 is 20.0 Å². The predicted molar refractivity (Wildman–Crippen MR) is 97.6 cm³/mol. The van der Waals surface area contributed by atoms with Gasteiger partial charge >= 0.3 is 12.0 Å². The molecule has 2 N–H and O–H groups in total. The number of benzene rings is 2. The molecule has 0 atom stereocenters. The summed E-state index contributed by atoms with van der Waals surface area (Å²) in [6.07, 6.45) is -5.50. The number of amides is 2. The van der Waals surface area contributed by atoms with Crippen molar-refractivity contribution >= 4 is 11.8 Å². The maximum Gasteiger partial charge on any atom is 0.453 e. The highest BCUT2D eigenvalue weighted by atomic mass is 19.4. The molecule has 9 heteroatoms. The number of alkyl halides is 3. The van der Waals surface area contributed by atoms with Crippen LogP contribution in [0.4, 0.5) is 13.2 Å². The molecule has 0 radical (unpaired) electrons. The summed E-state index contributed by atoms with van der Waals surface area (Å²) >= 11 is 0. The van der Waals surface area contributed by atoms with Crippen molar-refractivity contribution in [1.82, 2.24) is 9.80 Å². The van der Waals surface area contributed by atoms with Gasteiger partial charge in [0.15, 0.2) is 0 Å². The fourth-order valence-electron chi connectivity index (χ4n) is 3.07. The van der Waals surface area contributed by atoms with Crippen LogP contribution in [0.25, 0.3) is 11.1 Å². The van der Waals surface area contributed by atoms with Gasteiger partial charge in [-0.1, -0.05) is 42.5 Å². The zero-order valence-electron chi connectivity index (χ0n) is 15.3. The number of carbonyl (C=O) groups is 2. The third-order valence-corrected chi connectivity index (χ3v) is 4.79. The Balaban J connectivity index is 1.62. The first-order valence-electron chi connectivity index (χ1n) is 8.87. The standard InChI is InChI=1S/C20H19F3N2O4/c21-20(22,23)19(28,29)18(27)25-12-10-24(11-13-25)17(26)16-8-6-15(7-9-16)14-4-2-1-3-5-14/h1-9,28-29H,10-13H2. The van der Waals surface area contributed by atoms with Crippen LogP contribution in [-0.4, -0.2) is 70.0 Å². The average Bonchev–Trinajstić information content (AvgIpc) is 2.73. The van der Waals surface area contributed by atoms with Crippen molar-refractivity contribution in [2.45, 2.75) is 12.0 Å². The van der Waals surface area contributed by atoms with Gasteiger partial charge in [0.05, 0.1) is 0 Å². The summed E-state index contributed by atoms with van der Waals surface area (Å²) in [6.45, 7) is -0.491. The van der Waals surface area contributed by atoms with Crippen molar-refractivity contribution in [3.8, 4) is 11.1 Å². The monoisotopic (exact) mass is 408 g/mol. The Morgan fingerprint density at radius 1 is 0.759 bits per heavy atom. The summed E-state index contributed by atoms with van der Waals surface area (Å²) in [6, 6.07) is 16.5. The molecule has 154 valence electrons. The molecule has 0 bridgehead atoms. The summed E-state index contributed by atoms with van der Waals surface area (Å²) in [5, 5.41) is 18.2. The van der Waals surface area contributed by atoms with Crippen molar-refractivity contribution < 1.29 is 33.0 Å². The van der Waals surface area contributed by atoms with E-state index in [2.05, 4.69) is 0 Å². The van der Waals surface area contributed by atoms with E-state index in [0.717, 1.165) is 11.1 Å². The van der Waals surface area contributed by atoms with E-state index in [9.17, 15) is 22.8 Å². The molecule has 0 saturated carbocycles. The predicted octanol–water partition coefficient (Wildman–Crippen LogP) is 1.88. The first-order valence-corrected chi connectivity index (χ1v) is 8.87. The number of nitrogens with zero attached hydrogens (tertiary/aromatic N) is 2. The number of piperazine rings is 1. The number of hydrogen-bond acceptors (Lipinski definition) is 4. The van der Waals surface area contributed by atoms with Gasteiger partial charge in [0.1, 0.15) is 0 Å². The highest BCUT2D eigenvalue weighted by Crippen LogP contribution is 2.30. The molecule has 2 aromatic carbocycles. The molecule has 0 aromatic heterocycles. The first kappa shape index (κ1) is 20.8. The van der Waals surface area contributed by atoms with Crippen LogP contribution < -0.4 is 0 Å². The topological polar surface area (TPSA) is 81.1 Å². The Kier molecular flexibility index (Phi) is 5.63. The van der Waals surface area contributed by atoms with E-state index in [-0.39, 0.29) is 32.1 Å². The lowest BCUT2D eigenvalue weighted by atomic mass is 10.0. The fraction of sp³-hybridized carbons (Fsp3) is 0.300. The average molecular weight is 408 g/mol. The second-order valence-electron chi connectivity index (χ2n) is 6.70. The highest BCUT2D eigenvalue weighted by Gasteiger charge is 2.60. The molecule has 0 aliphatic carbocycles. The lowest BCUT2D eigenvalue weighted by Crippen LogP contribution is -2.61. The van der Waals surface area contributed by atoms with Crippen molar-refractivity contribution in [2.75, 3.05) is 26.2 Å². The molecule has 1 aliphatic heterocycles. The molecule has 6 nitrogen and oxygen atoms in total. The summed E-state index contributed by atoms with van der Waals surface area (Å²) < 4.78 is 37.8. The van der Waals surface area contributed by atoms with Crippen molar-refractivity contribution in [3.05, 3.63) is 60.2 Å². The number of aliphatic hydroxyl groups is 2. The van der Waals surface area contributed by atoms with E-state index in [1.165, 1.54) is 4.90 Å². The summed E-state index contributed by atoms with van der Waals surface area (Å²) in [7, 11) is 0. The van der Waals surface area contributed by atoms with Crippen molar-refractivity contribution in [1.29, 1.82) is 0 Å². The van der Waals surface area contributed by atoms with Gasteiger partial charge in [-0.15, -0.1) is 0 Å². The first-order chi connectivity index (χ1) is 13.6. The minimum Gasteiger partial charge on any atom is -0.351 e. The molecule has 1 aliphatic rings. The maximum absolute atomic E-state index is 12.6. The number of carbonyl (C=O) groups excluding carboxylic acids is 2. The van der Waals surface area contributed by atoms with E-state index in [1.54, 1.807) is 24.3 Å². The fourth-order valence-corrected chi connectivity index (χ4v) is 3.07. The Labute approximate surface area is 164 Å². The second kappa shape index (κ2) is 7.84. The molecule has 0 unspecified atom stereocenters. The Bertz CT molecular complexity index is 875. The summed E-state index contributed by atoms with van der Waals surface area (Å²) in [5.41, 5.74) is 2.35. The van der Waals surface area contributed by atoms with Gasteiger partial charge in [-0.2, -0.15) is 13.2 Å². The van der Waals surface area contributed by atoms with E-state index in [1.807, 2.05) is 30.3 Å². The molecule has 1 fully saturated rings. The molecular weight excluding hydrogens is 389 g/mol. The van der Waals surface area contributed by atoms with Gasteiger partial charge in [0.2, 0.25) is 0 Å². The lowest BCUT2D eigenvalue weighted by Gasteiger charge is -2.37. The normalized spacial score (nSPS) is 15.3. The molecule has 3 rings (SSSR count). The zero-order valence-corrected chi connectivity index (χ0v) is 15.3. The van der Waals surface area contributed by atoms with Crippen LogP contribution in [0.15, 0.2) is 54.6 Å². The largest absolute Gasteiger partial charge is 0.453 e. The highest BCUT2D eigenvalue weighted by molar-refractivity contribution is 5.95. The van der Waals surface area contributed by atoms with Crippen LogP contribution in [0.1, 0.15) is 10.4 Å². The van der Waals surface area contributed by atoms with Crippen LogP contribution in [-0.2, 0) is 4.79 Å². The minimum absolute atomic E-state index is 0.0149. The Hall–Kier alpha value is -2.91. The van der Waals surface area contributed by atoms with E-state index in [4.69, 9.17) is 10.2 Å². The Morgan fingerprint density at radius 2 is 1.24 bits per heavy atom. The zero-order chi connectivity index (χ0) is 21.2. The Morgan fingerprint density at radius 3 is 1.76 bits per heavy atom. The van der Waals surface area contributed by atoms with Crippen molar-refractivity contribution in [2.24, 2.45) is 0 Å². The van der Waals surface area contributed by atoms with Crippen LogP contribution in [0.3, 0.4) is 0 Å². The van der Waals surface area contributed by atoms with Gasteiger partial charge in [0, 0.05) is 31.7 Å². The number of hydrogen-bond donors (Lipinski definition) is 2.